The number of nitrogens with zero attached hydrogens (tertiary/aromatic N) is 1. The number of hydrogen-bond donors (Lipinski definition) is 2. The van der Waals surface area contributed by atoms with Crippen LogP contribution in [-0.4, -0.2) is 48.0 Å². The molecule has 0 spiro atoms. The summed E-state index contributed by atoms with van der Waals surface area (Å²) in [6.07, 6.45) is 6.13. The lowest BCUT2D eigenvalue weighted by molar-refractivity contribution is -0.124. The first-order valence-corrected chi connectivity index (χ1v) is 10.9. The van der Waals surface area contributed by atoms with Gasteiger partial charge in [0.05, 0.1) is 12.6 Å². The minimum Gasteiger partial charge on any atom is -0.380 e. The first-order chi connectivity index (χ1) is 12.8. The van der Waals surface area contributed by atoms with Gasteiger partial charge in [-0.05, 0) is 31.5 Å². The van der Waals surface area contributed by atoms with Crippen LogP contribution >= 0.6 is 8.58 Å². The van der Waals surface area contributed by atoms with E-state index in [2.05, 4.69) is 23.8 Å². The third kappa shape index (κ3) is 8.08. The molecule has 150 valence electrons. The average molecular weight is 393 g/mol. The standard InChI is InChI=1S/C20H32N3O3P/c1-14(2)20(16(4)21-13-19(26)27-5)22-17(24)9-7-6-8-12-23-15(3)10-11-18(23)25/h10-11,14,20-21,27H,3-4,6-9,12-13H2,1-2,5H3,(H,22,24). The Kier molecular flexibility index (Phi) is 10.0. The Labute approximate surface area is 164 Å². The van der Waals surface area contributed by atoms with Crippen LogP contribution in [0.2, 0.25) is 0 Å². The number of nitrogens with one attached hydrogen (secondary N) is 2. The summed E-state index contributed by atoms with van der Waals surface area (Å²) >= 11 is 0. The molecular weight excluding hydrogens is 361 g/mol. The topological polar surface area (TPSA) is 78.5 Å². The largest absolute Gasteiger partial charge is 0.380 e. The molecule has 0 aromatic rings. The second-order valence-corrected chi connectivity index (χ2v) is 8.02. The Morgan fingerprint density at radius 1 is 1.22 bits per heavy atom. The Morgan fingerprint density at radius 2 is 1.93 bits per heavy atom. The molecule has 0 fully saturated rings. The lowest BCUT2D eigenvalue weighted by Crippen LogP contribution is -2.44. The van der Waals surface area contributed by atoms with Crippen LogP contribution in [-0.2, 0) is 14.4 Å². The van der Waals surface area contributed by atoms with E-state index in [1.54, 1.807) is 11.0 Å². The predicted octanol–water partition coefficient (Wildman–Crippen LogP) is 2.54. The minimum absolute atomic E-state index is 0.0226. The summed E-state index contributed by atoms with van der Waals surface area (Å²) in [4.78, 5) is 37.0. The van der Waals surface area contributed by atoms with Crippen LogP contribution in [0.25, 0.3) is 0 Å². The van der Waals surface area contributed by atoms with E-state index in [-0.39, 0.29) is 44.4 Å². The van der Waals surface area contributed by atoms with Gasteiger partial charge in [0.25, 0.3) is 5.91 Å². The van der Waals surface area contributed by atoms with Gasteiger partial charge in [0.2, 0.25) is 5.91 Å². The highest BCUT2D eigenvalue weighted by atomic mass is 31.1. The Bertz CT molecular complexity index is 596. The monoisotopic (exact) mass is 393 g/mol. The molecule has 2 N–H and O–H groups in total. The van der Waals surface area contributed by atoms with Crippen molar-refractivity contribution in [2.24, 2.45) is 5.92 Å². The van der Waals surface area contributed by atoms with Gasteiger partial charge in [0, 0.05) is 30.4 Å². The van der Waals surface area contributed by atoms with Crippen molar-refractivity contribution >= 4 is 25.9 Å². The fourth-order valence-electron chi connectivity index (χ4n) is 2.77. The molecule has 2 unspecified atom stereocenters. The second kappa shape index (κ2) is 11.7. The van der Waals surface area contributed by atoms with E-state index in [4.69, 9.17) is 0 Å². The van der Waals surface area contributed by atoms with E-state index in [1.165, 1.54) is 6.08 Å². The van der Waals surface area contributed by atoms with E-state index < -0.39 is 0 Å². The zero-order chi connectivity index (χ0) is 20.4. The van der Waals surface area contributed by atoms with E-state index >= 15 is 0 Å². The van der Waals surface area contributed by atoms with Gasteiger partial charge in [-0.2, -0.15) is 0 Å². The number of amides is 2. The van der Waals surface area contributed by atoms with Crippen molar-refractivity contribution in [2.45, 2.75) is 45.6 Å². The van der Waals surface area contributed by atoms with E-state index in [0.717, 1.165) is 25.0 Å². The van der Waals surface area contributed by atoms with Crippen LogP contribution in [0.1, 0.15) is 39.5 Å². The summed E-state index contributed by atoms with van der Waals surface area (Å²) in [6, 6.07) is -0.206. The fourth-order valence-corrected chi connectivity index (χ4v) is 3.03. The quantitative estimate of drug-likeness (QED) is 0.372. The lowest BCUT2D eigenvalue weighted by atomic mass is 10.0. The smallest absolute Gasteiger partial charge is 0.251 e. The number of hydrogen-bond acceptors (Lipinski definition) is 4. The van der Waals surface area contributed by atoms with Crippen LogP contribution in [0, 0.1) is 5.92 Å². The van der Waals surface area contributed by atoms with Gasteiger partial charge in [-0.25, -0.2) is 0 Å². The van der Waals surface area contributed by atoms with Crippen LogP contribution in [0.15, 0.2) is 36.7 Å². The fraction of sp³-hybridized carbons (Fsp3) is 0.550. The highest BCUT2D eigenvalue weighted by Gasteiger charge is 2.20. The van der Waals surface area contributed by atoms with Gasteiger partial charge >= 0.3 is 0 Å². The molecule has 0 aromatic heterocycles. The number of carbonyl (C=O) groups is 3. The van der Waals surface area contributed by atoms with Gasteiger partial charge in [0.1, 0.15) is 0 Å². The third-order valence-corrected chi connectivity index (χ3v) is 5.16. The molecule has 1 heterocycles. The van der Waals surface area contributed by atoms with Crippen molar-refractivity contribution in [3.05, 3.63) is 36.7 Å². The van der Waals surface area contributed by atoms with Gasteiger partial charge in [-0.3, -0.25) is 14.4 Å². The highest BCUT2D eigenvalue weighted by Crippen LogP contribution is 2.15. The zero-order valence-electron chi connectivity index (χ0n) is 16.6. The normalized spacial score (nSPS) is 15.0. The van der Waals surface area contributed by atoms with Crippen molar-refractivity contribution in [2.75, 3.05) is 19.8 Å². The van der Waals surface area contributed by atoms with Gasteiger partial charge in [0.15, 0.2) is 5.52 Å². The van der Waals surface area contributed by atoms with Gasteiger partial charge < -0.3 is 15.5 Å². The summed E-state index contributed by atoms with van der Waals surface area (Å²) in [5.74, 6) is 0.127. The van der Waals surface area contributed by atoms with Crippen molar-refractivity contribution in [1.29, 1.82) is 0 Å². The molecule has 0 radical (unpaired) electrons. The van der Waals surface area contributed by atoms with E-state index in [0.29, 0.717) is 18.7 Å². The third-order valence-electron chi connectivity index (χ3n) is 4.43. The summed E-state index contributed by atoms with van der Waals surface area (Å²) in [5.41, 5.74) is 1.54. The maximum absolute atomic E-state index is 12.2. The molecule has 1 rings (SSSR count). The molecule has 1 aliphatic heterocycles. The highest BCUT2D eigenvalue weighted by molar-refractivity contribution is 7.57. The molecular formula is C20H32N3O3P. The van der Waals surface area contributed by atoms with Crippen molar-refractivity contribution in [3.63, 3.8) is 0 Å². The molecule has 1 aliphatic rings. The molecule has 2 atom stereocenters. The first kappa shape index (κ1) is 23.1. The Balaban J connectivity index is 2.29. The molecule has 7 heteroatoms. The van der Waals surface area contributed by atoms with Crippen LogP contribution < -0.4 is 10.6 Å². The average Bonchev–Trinajstić information content (AvgIpc) is 2.95. The summed E-state index contributed by atoms with van der Waals surface area (Å²) < 4.78 is 0. The summed E-state index contributed by atoms with van der Waals surface area (Å²) in [7, 11) is 0.249. The SMILES string of the molecule is C=C(NCC(=O)PC)C(NC(=O)CCCCCN1C(=C)C=CC1=O)C(C)C. The van der Waals surface area contributed by atoms with Crippen molar-refractivity contribution in [1.82, 2.24) is 15.5 Å². The molecule has 0 saturated heterocycles. The molecule has 27 heavy (non-hydrogen) atoms. The number of rotatable bonds is 13. The van der Waals surface area contributed by atoms with E-state index in [1.807, 2.05) is 20.5 Å². The minimum atomic E-state index is -0.206. The molecule has 6 nitrogen and oxygen atoms in total. The summed E-state index contributed by atoms with van der Waals surface area (Å²) in [6.45, 7) is 14.6. The van der Waals surface area contributed by atoms with Crippen molar-refractivity contribution < 1.29 is 14.4 Å². The zero-order valence-corrected chi connectivity index (χ0v) is 17.6. The lowest BCUT2D eigenvalue weighted by Gasteiger charge is -2.25. The van der Waals surface area contributed by atoms with E-state index in [9.17, 15) is 14.4 Å². The van der Waals surface area contributed by atoms with Crippen LogP contribution in [0.5, 0.6) is 0 Å². The van der Waals surface area contributed by atoms with Gasteiger partial charge in [-0.1, -0.05) is 42.0 Å². The Hall–Kier alpha value is -1.94. The Morgan fingerprint density at radius 3 is 2.48 bits per heavy atom. The number of unbranched alkanes of at least 4 members (excludes halogenated alkanes) is 2. The van der Waals surface area contributed by atoms with Crippen LogP contribution in [0.3, 0.4) is 0 Å². The van der Waals surface area contributed by atoms with Gasteiger partial charge in [-0.15, -0.1) is 0 Å². The predicted molar refractivity (Wildman–Crippen MR) is 112 cm³/mol. The maximum Gasteiger partial charge on any atom is 0.251 e. The number of carbonyl (C=O) groups excluding carboxylic acids is 3. The molecule has 0 aromatic carbocycles. The number of allylic oxidation sites excluding steroid dienone is 1. The maximum atomic E-state index is 12.2. The molecule has 0 saturated carbocycles. The van der Waals surface area contributed by atoms with Crippen molar-refractivity contribution in [3.8, 4) is 0 Å². The summed E-state index contributed by atoms with van der Waals surface area (Å²) in [5, 5.41) is 6.04. The molecule has 0 aliphatic carbocycles. The first-order valence-electron chi connectivity index (χ1n) is 9.37. The van der Waals surface area contributed by atoms with Crippen LogP contribution in [0.4, 0.5) is 0 Å². The second-order valence-electron chi connectivity index (χ2n) is 6.97. The molecule has 0 bridgehead atoms. The molecule has 2 amide bonds.